The summed E-state index contributed by atoms with van der Waals surface area (Å²) in [5, 5.41) is 9.33. The van der Waals surface area contributed by atoms with Crippen LogP contribution < -0.4 is 0 Å². The second-order valence-electron chi connectivity index (χ2n) is 8.74. The summed E-state index contributed by atoms with van der Waals surface area (Å²) in [5.74, 6) is 0.194. The van der Waals surface area contributed by atoms with E-state index in [1.165, 1.54) is 89.9 Å². The molecule has 0 aliphatic carbocycles. The highest BCUT2D eigenvalue weighted by atomic mass is 16.4. The van der Waals surface area contributed by atoms with Gasteiger partial charge in [0, 0.05) is 0 Å². The van der Waals surface area contributed by atoms with Crippen molar-refractivity contribution < 1.29 is 9.90 Å². The van der Waals surface area contributed by atoms with Crippen LogP contribution in [0.3, 0.4) is 0 Å². The Hall–Kier alpha value is -0.530. The molecule has 0 fully saturated rings. The molecule has 0 spiro atoms. The van der Waals surface area contributed by atoms with Crippen molar-refractivity contribution in [2.24, 2.45) is 11.8 Å². The third-order valence-electron chi connectivity index (χ3n) is 5.59. The molecule has 0 saturated heterocycles. The average molecular weight is 369 g/mol. The molecule has 0 aliphatic heterocycles. The molecule has 0 aliphatic rings. The van der Waals surface area contributed by atoms with Crippen molar-refractivity contribution in [1.82, 2.24) is 0 Å². The van der Waals surface area contributed by atoms with Crippen LogP contribution in [-0.4, -0.2) is 11.1 Å². The second-order valence-corrected chi connectivity index (χ2v) is 8.74. The van der Waals surface area contributed by atoms with Crippen molar-refractivity contribution in [2.75, 3.05) is 0 Å². The number of unbranched alkanes of at least 4 members (excludes halogenated alkanes) is 13. The fourth-order valence-corrected chi connectivity index (χ4v) is 3.74. The first-order valence-electron chi connectivity index (χ1n) is 11.8. The molecule has 0 aromatic heterocycles. The molecular weight excluding hydrogens is 320 g/mol. The zero-order valence-corrected chi connectivity index (χ0v) is 18.2. The predicted octanol–water partition coefficient (Wildman–Crippen LogP) is 8.38. The Morgan fingerprint density at radius 1 is 0.615 bits per heavy atom. The lowest BCUT2D eigenvalue weighted by Crippen LogP contribution is -2.13. The van der Waals surface area contributed by atoms with Crippen LogP contribution in [0.4, 0.5) is 0 Å². The van der Waals surface area contributed by atoms with Gasteiger partial charge in [-0.1, -0.05) is 124 Å². The molecule has 2 nitrogen and oxygen atoms in total. The predicted molar refractivity (Wildman–Crippen MR) is 115 cm³/mol. The molecule has 0 rings (SSSR count). The standard InChI is InChI=1S/C24H48O2/c1-4-5-6-17-20-23(24(25)26)21-18-15-13-11-9-7-8-10-12-14-16-19-22(2)3/h22-23H,4-21H2,1-3H3,(H,25,26). The van der Waals surface area contributed by atoms with Crippen LogP contribution in [0.25, 0.3) is 0 Å². The summed E-state index contributed by atoms with van der Waals surface area (Å²) in [5.41, 5.74) is 0. The van der Waals surface area contributed by atoms with Crippen LogP contribution >= 0.6 is 0 Å². The van der Waals surface area contributed by atoms with E-state index in [1.54, 1.807) is 0 Å². The zero-order chi connectivity index (χ0) is 19.5. The largest absolute Gasteiger partial charge is 0.481 e. The summed E-state index contributed by atoms with van der Waals surface area (Å²) in [7, 11) is 0. The summed E-state index contributed by atoms with van der Waals surface area (Å²) in [4.78, 5) is 11.3. The molecule has 156 valence electrons. The Morgan fingerprint density at radius 3 is 1.31 bits per heavy atom. The Kier molecular flexibility index (Phi) is 18.8. The maximum atomic E-state index is 11.3. The quantitative estimate of drug-likeness (QED) is 0.219. The second kappa shape index (κ2) is 19.2. The van der Waals surface area contributed by atoms with Gasteiger partial charge in [-0.2, -0.15) is 0 Å². The maximum Gasteiger partial charge on any atom is 0.306 e. The van der Waals surface area contributed by atoms with Crippen LogP contribution in [0.5, 0.6) is 0 Å². The van der Waals surface area contributed by atoms with E-state index in [0.29, 0.717) is 0 Å². The van der Waals surface area contributed by atoms with Gasteiger partial charge in [-0.05, 0) is 18.8 Å². The zero-order valence-electron chi connectivity index (χ0n) is 18.2. The number of carbonyl (C=O) groups is 1. The van der Waals surface area contributed by atoms with Gasteiger partial charge in [-0.15, -0.1) is 0 Å². The van der Waals surface area contributed by atoms with Crippen molar-refractivity contribution in [3.63, 3.8) is 0 Å². The van der Waals surface area contributed by atoms with Crippen molar-refractivity contribution >= 4 is 5.97 Å². The first kappa shape index (κ1) is 25.5. The number of carboxylic acid groups (broad SMARTS) is 1. The van der Waals surface area contributed by atoms with E-state index in [0.717, 1.165) is 31.6 Å². The lowest BCUT2D eigenvalue weighted by atomic mass is 9.94. The Bertz CT molecular complexity index is 299. The molecule has 26 heavy (non-hydrogen) atoms. The molecule has 0 saturated carbocycles. The SMILES string of the molecule is CCCCCCC(CCCCCCCCCCCCCC(C)C)C(=O)O. The van der Waals surface area contributed by atoms with E-state index in [1.807, 2.05) is 0 Å². The Labute approximate surface area is 164 Å². The maximum absolute atomic E-state index is 11.3. The molecule has 0 bridgehead atoms. The van der Waals surface area contributed by atoms with E-state index in [-0.39, 0.29) is 5.92 Å². The number of aliphatic carboxylic acids is 1. The van der Waals surface area contributed by atoms with Gasteiger partial charge in [-0.3, -0.25) is 4.79 Å². The number of hydrogen-bond donors (Lipinski definition) is 1. The van der Waals surface area contributed by atoms with Gasteiger partial charge >= 0.3 is 5.97 Å². The molecule has 0 aromatic rings. The third kappa shape index (κ3) is 18.3. The van der Waals surface area contributed by atoms with E-state index in [9.17, 15) is 9.90 Å². The fourth-order valence-electron chi connectivity index (χ4n) is 3.74. The van der Waals surface area contributed by atoms with E-state index in [4.69, 9.17) is 0 Å². The van der Waals surface area contributed by atoms with Crippen molar-refractivity contribution in [3.05, 3.63) is 0 Å². The van der Waals surface area contributed by atoms with Gasteiger partial charge in [-0.25, -0.2) is 0 Å². The van der Waals surface area contributed by atoms with Gasteiger partial charge < -0.3 is 5.11 Å². The van der Waals surface area contributed by atoms with E-state index >= 15 is 0 Å². The highest BCUT2D eigenvalue weighted by molar-refractivity contribution is 5.69. The van der Waals surface area contributed by atoms with Gasteiger partial charge in [0.25, 0.3) is 0 Å². The molecule has 0 heterocycles. The van der Waals surface area contributed by atoms with Crippen LogP contribution in [0, 0.1) is 11.8 Å². The molecule has 0 radical (unpaired) electrons. The van der Waals surface area contributed by atoms with Gasteiger partial charge in [0.1, 0.15) is 0 Å². The minimum absolute atomic E-state index is 0.0949. The lowest BCUT2D eigenvalue weighted by Gasteiger charge is -2.12. The average Bonchev–Trinajstić information content (AvgIpc) is 2.60. The molecule has 1 atom stereocenters. The monoisotopic (exact) mass is 368 g/mol. The van der Waals surface area contributed by atoms with Crippen LogP contribution in [-0.2, 0) is 4.79 Å². The summed E-state index contributed by atoms with van der Waals surface area (Å²) in [6.07, 6.45) is 22.6. The number of carboxylic acids is 1. The van der Waals surface area contributed by atoms with Crippen molar-refractivity contribution in [3.8, 4) is 0 Å². The minimum atomic E-state index is -0.574. The molecule has 2 heteroatoms. The smallest absolute Gasteiger partial charge is 0.306 e. The normalized spacial score (nSPS) is 12.6. The minimum Gasteiger partial charge on any atom is -0.481 e. The van der Waals surface area contributed by atoms with Gasteiger partial charge in [0.2, 0.25) is 0 Å². The highest BCUT2D eigenvalue weighted by Crippen LogP contribution is 2.19. The van der Waals surface area contributed by atoms with Crippen LogP contribution in [0.2, 0.25) is 0 Å². The third-order valence-corrected chi connectivity index (χ3v) is 5.59. The van der Waals surface area contributed by atoms with Crippen LogP contribution in [0.1, 0.15) is 136 Å². The van der Waals surface area contributed by atoms with Crippen molar-refractivity contribution in [2.45, 2.75) is 136 Å². The summed E-state index contributed by atoms with van der Waals surface area (Å²) in [6, 6.07) is 0. The summed E-state index contributed by atoms with van der Waals surface area (Å²) in [6.45, 7) is 6.83. The molecule has 0 aromatic carbocycles. The number of hydrogen-bond acceptors (Lipinski definition) is 1. The summed E-state index contributed by atoms with van der Waals surface area (Å²) < 4.78 is 0. The molecule has 0 amide bonds. The first-order chi connectivity index (χ1) is 12.6. The number of rotatable bonds is 20. The van der Waals surface area contributed by atoms with Gasteiger partial charge in [0.05, 0.1) is 5.92 Å². The van der Waals surface area contributed by atoms with Crippen LogP contribution in [0.15, 0.2) is 0 Å². The highest BCUT2D eigenvalue weighted by Gasteiger charge is 2.16. The molecular formula is C24H48O2. The lowest BCUT2D eigenvalue weighted by molar-refractivity contribution is -0.142. The fraction of sp³-hybridized carbons (Fsp3) is 0.958. The van der Waals surface area contributed by atoms with Gasteiger partial charge in [0.15, 0.2) is 0 Å². The molecule has 1 N–H and O–H groups in total. The molecule has 1 unspecified atom stereocenters. The first-order valence-corrected chi connectivity index (χ1v) is 11.8. The Morgan fingerprint density at radius 2 is 0.962 bits per heavy atom. The Balaban J connectivity index is 3.36. The van der Waals surface area contributed by atoms with E-state index < -0.39 is 5.97 Å². The van der Waals surface area contributed by atoms with E-state index in [2.05, 4.69) is 20.8 Å². The topological polar surface area (TPSA) is 37.3 Å². The van der Waals surface area contributed by atoms with Crippen molar-refractivity contribution in [1.29, 1.82) is 0 Å². The summed E-state index contributed by atoms with van der Waals surface area (Å²) >= 11 is 0.